The average molecular weight is 261 g/mol. The van der Waals surface area contributed by atoms with Crippen molar-refractivity contribution in [3.63, 3.8) is 0 Å². The Morgan fingerprint density at radius 3 is 2.82 bits per heavy atom. The zero-order chi connectivity index (χ0) is 12.3. The molecule has 5 nitrogen and oxygen atoms in total. The Kier molecular flexibility index (Phi) is 4.41. The van der Waals surface area contributed by atoms with Crippen LogP contribution >= 0.6 is 0 Å². The minimum Gasteiger partial charge on any atom is -0.314 e. The summed E-state index contributed by atoms with van der Waals surface area (Å²) in [6, 6.07) is 0.513. The van der Waals surface area contributed by atoms with Gasteiger partial charge in [-0.2, -0.15) is 0 Å². The van der Waals surface area contributed by atoms with Gasteiger partial charge >= 0.3 is 0 Å². The van der Waals surface area contributed by atoms with E-state index < -0.39 is 10.0 Å². The molecular formula is C11H23N3O2S. The third-order valence-corrected chi connectivity index (χ3v) is 5.10. The second-order valence-electron chi connectivity index (χ2n) is 5.27. The lowest BCUT2D eigenvalue weighted by molar-refractivity contribution is 0.407. The monoisotopic (exact) mass is 261 g/mol. The summed E-state index contributed by atoms with van der Waals surface area (Å²) in [6.45, 7) is 2.85. The number of likely N-dealkylation sites (tertiary alicyclic amines) is 1. The highest BCUT2D eigenvalue weighted by Gasteiger charge is 2.25. The highest BCUT2D eigenvalue weighted by molar-refractivity contribution is 7.89. The van der Waals surface area contributed by atoms with E-state index in [4.69, 9.17) is 0 Å². The van der Waals surface area contributed by atoms with Gasteiger partial charge in [-0.3, -0.25) is 0 Å². The molecule has 6 heteroatoms. The standard InChI is InChI=1S/C11H23N3O2S/c1-14-7-4-11(9-14)13-17(15,16)8-5-10-3-2-6-12-10/h10-13H,2-9H2,1H3. The third-order valence-electron chi connectivity index (χ3n) is 3.63. The Bertz CT molecular complexity index is 339. The van der Waals surface area contributed by atoms with Gasteiger partial charge in [0.1, 0.15) is 0 Å². The fourth-order valence-electron chi connectivity index (χ4n) is 2.64. The van der Waals surface area contributed by atoms with Gasteiger partial charge in [-0.25, -0.2) is 13.1 Å². The normalized spacial score (nSPS) is 31.1. The Labute approximate surface area is 104 Å². The van der Waals surface area contributed by atoms with E-state index in [-0.39, 0.29) is 11.8 Å². The molecule has 0 aromatic carbocycles. The zero-order valence-electron chi connectivity index (χ0n) is 10.5. The lowest BCUT2D eigenvalue weighted by atomic mass is 10.2. The van der Waals surface area contributed by atoms with Crippen molar-refractivity contribution in [3.05, 3.63) is 0 Å². The molecule has 2 fully saturated rings. The van der Waals surface area contributed by atoms with Gasteiger partial charge in [-0.1, -0.05) is 0 Å². The predicted molar refractivity (Wildman–Crippen MR) is 68.5 cm³/mol. The van der Waals surface area contributed by atoms with Gasteiger partial charge in [0.2, 0.25) is 10.0 Å². The van der Waals surface area contributed by atoms with Crippen LogP contribution < -0.4 is 10.0 Å². The van der Waals surface area contributed by atoms with Crippen LogP contribution in [0.1, 0.15) is 25.7 Å². The molecule has 0 bridgehead atoms. The summed E-state index contributed by atoms with van der Waals surface area (Å²) in [5, 5.41) is 3.33. The molecule has 0 spiro atoms. The molecule has 2 unspecified atom stereocenters. The van der Waals surface area contributed by atoms with Crippen molar-refractivity contribution < 1.29 is 8.42 Å². The smallest absolute Gasteiger partial charge is 0.211 e. The van der Waals surface area contributed by atoms with Crippen LogP contribution in [0.4, 0.5) is 0 Å². The predicted octanol–water partition coefficient (Wildman–Crippen LogP) is -0.248. The maximum atomic E-state index is 11.9. The molecule has 0 saturated carbocycles. The van der Waals surface area contributed by atoms with Crippen molar-refractivity contribution in [2.75, 3.05) is 32.4 Å². The Morgan fingerprint density at radius 2 is 2.24 bits per heavy atom. The number of likely N-dealkylation sites (N-methyl/N-ethyl adjacent to an activating group) is 1. The second-order valence-corrected chi connectivity index (χ2v) is 7.14. The Hall–Kier alpha value is -0.170. The molecule has 100 valence electrons. The van der Waals surface area contributed by atoms with E-state index in [0.29, 0.717) is 6.04 Å². The minimum absolute atomic E-state index is 0.113. The number of hydrogen-bond donors (Lipinski definition) is 2. The molecule has 0 aliphatic carbocycles. The fourth-order valence-corrected chi connectivity index (χ4v) is 4.06. The van der Waals surface area contributed by atoms with Gasteiger partial charge < -0.3 is 10.2 Å². The molecule has 0 radical (unpaired) electrons. The van der Waals surface area contributed by atoms with Crippen molar-refractivity contribution in [2.24, 2.45) is 0 Å². The van der Waals surface area contributed by atoms with E-state index in [0.717, 1.165) is 38.9 Å². The molecule has 0 aromatic rings. The number of nitrogens with one attached hydrogen (secondary N) is 2. The summed E-state index contributed by atoms with van der Waals surface area (Å²) < 4.78 is 26.6. The Morgan fingerprint density at radius 1 is 1.41 bits per heavy atom. The van der Waals surface area contributed by atoms with Crippen molar-refractivity contribution in [1.29, 1.82) is 0 Å². The number of hydrogen-bond acceptors (Lipinski definition) is 4. The van der Waals surface area contributed by atoms with E-state index in [2.05, 4.69) is 14.9 Å². The van der Waals surface area contributed by atoms with Gasteiger partial charge in [0.25, 0.3) is 0 Å². The topological polar surface area (TPSA) is 61.4 Å². The molecule has 2 N–H and O–H groups in total. The molecular weight excluding hydrogens is 238 g/mol. The van der Waals surface area contributed by atoms with Gasteiger partial charge in [-0.05, 0) is 45.8 Å². The molecule has 2 saturated heterocycles. The van der Waals surface area contributed by atoms with Crippen LogP contribution in [0.2, 0.25) is 0 Å². The van der Waals surface area contributed by atoms with E-state index >= 15 is 0 Å². The molecule has 2 rings (SSSR count). The van der Waals surface area contributed by atoms with Crippen molar-refractivity contribution in [2.45, 2.75) is 37.8 Å². The van der Waals surface area contributed by atoms with Crippen molar-refractivity contribution in [1.82, 2.24) is 14.9 Å². The summed E-state index contributed by atoms with van der Waals surface area (Å²) in [4.78, 5) is 2.16. The lowest BCUT2D eigenvalue weighted by Gasteiger charge is -2.15. The molecule has 2 aliphatic heterocycles. The summed E-state index contributed by atoms with van der Waals surface area (Å²) in [6.07, 6.45) is 3.95. The number of sulfonamides is 1. The van der Waals surface area contributed by atoms with E-state index in [1.807, 2.05) is 7.05 Å². The highest BCUT2D eigenvalue weighted by Crippen LogP contribution is 2.11. The van der Waals surface area contributed by atoms with Gasteiger partial charge in [0.05, 0.1) is 5.75 Å². The van der Waals surface area contributed by atoms with Gasteiger partial charge in [0.15, 0.2) is 0 Å². The molecule has 0 amide bonds. The first-order valence-corrected chi connectivity index (χ1v) is 8.12. The SMILES string of the molecule is CN1CCC(NS(=O)(=O)CCC2CCCN2)C1. The third kappa shape index (κ3) is 4.21. The van der Waals surface area contributed by atoms with Crippen LogP contribution in [0.25, 0.3) is 0 Å². The number of nitrogens with zero attached hydrogens (tertiary/aromatic N) is 1. The molecule has 2 atom stereocenters. The van der Waals surface area contributed by atoms with Crippen molar-refractivity contribution in [3.8, 4) is 0 Å². The van der Waals surface area contributed by atoms with Crippen LogP contribution in [-0.2, 0) is 10.0 Å². The molecule has 2 heterocycles. The van der Waals surface area contributed by atoms with Crippen LogP contribution in [0.5, 0.6) is 0 Å². The van der Waals surface area contributed by atoms with Crippen molar-refractivity contribution >= 4 is 10.0 Å². The van der Waals surface area contributed by atoms with E-state index in [9.17, 15) is 8.42 Å². The summed E-state index contributed by atoms with van der Waals surface area (Å²) in [7, 11) is -1.07. The summed E-state index contributed by atoms with van der Waals surface area (Å²) in [5.41, 5.74) is 0. The van der Waals surface area contributed by atoms with Crippen LogP contribution in [-0.4, -0.2) is 57.8 Å². The number of rotatable bonds is 5. The second kappa shape index (κ2) is 5.65. The van der Waals surface area contributed by atoms with Crippen LogP contribution in [0.15, 0.2) is 0 Å². The van der Waals surface area contributed by atoms with E-state index in [1.165, 1.54) is 6.42 Å². The first-order valence-electron chi connectivity index (χ1n) is 6.47. The molecule has 17 heavy (non-hydrogen) atoms. The summed E-state index contributed by atoms with van der Waals surface area (Å²) >= 11 is 0. The average Bonchev–Trinajstić information content (AvgIpc) is 2.86. The highest BCUT2D eigenvalue weighted by atomic mass is 32.2. The quantitative estimate of drug-likeness (QED) is 0.716. The van der Waals surface area contributed by atoms with Crippen LogP contribution in [0, 0.1) is 0 Å². The largest absolute Gasteiger partial charge is 0.314 e. The Balaban J connectivity index is 1.74. The van der Waals surface area contributed by atoms with E-state index in [1.54, 1.807) is 0 Å². The van der Waals surface area contributed by atoms with Gasteiger partial charge in [0, 0.05) is 18.6 Å². The maximum absolute atomic E-state index is 11.9. The zero-order valence-corrected chi connectivity index (χ0v) is 11.3. The first-order chi connectivity index (χ1) is 8.05. The maximum Gasteiger partial charge on any atom is 0.211 e. The first kappa shape index (κ1) is 13.3. The minimum atomic E-state index is -3.09. The fraction of sp³-hybridized carbons (Fsp3) is 1.00. The molecule has 0 aromatic heterocycles. The summed E-state index contributed by atoms with van der Waals surface area (Å²) in [5.74, 6) is 0.255. The van der Waals surface area contributed by atoms with Crippen LogP contribution in [0.3, 0.4) is 0 Å². The molecule has 2 aliphatic rings. The lowest BCUT2D eigenvalue weighted by Crippen LogP contribution is -2.39. The van der Waals surface area contributed by atoms with Gasteiger partial charge in [-0.15, -0.1) is 0 Å².